The van der Waals surface area contributed by atoms with Crippen LogP contribution < -0.4 is 10.2 Å². The second-order valence-corrected chi connectivity index (χ2v) is 6.36. The molecule has 0 bridgehead atoms. The number of anilines is 2. The van der Waals surface area contributed by atoms with E-state index in [0.717, 1.165) is 11.0 Å². The van der Waals surface area contributed by atoms with Crippen LogP contribution in [0.15, 0.2) is 42.5 Å². The van der Waals surface area contributed by atoms with E-state index in [1.807, 2.05) is 0 Å². The van der Waals surface area contributed by atoms with Crippen LogP contribution in [0, 0.1) is 5.82 Å². The fourth-order valence-corrected chi connectivity index (χ4v) is 2.79. The molecule has 0 radical (unpaired) electrons. The number of esters is 1. The third kappa shape index (κ3) is 4.34. The lowest BCUT2D eigenvalue weighted by molar-refractivity contribution is -0.121. The highest BCUT2D eigenvalue weighted by Crippen LogP contribution is 2.24. The van der Waals surface area contributed by atoms with Gasteiger partial charge in [-0.15, -0.1) is 0 Å². The van der Waals surface area contributed by atoms with Gasteiger partial charge >= 0.3 is 5.97 Å². The summed E-state index contributed by atoms with van der Waals surface area (Å²) in [5.74, 6) is -2.98. The molecule has 2 aromatic carbocycles. The van der Waals surface area contributed by atoms with Crippen LogP contribution in [0.1, 0.15) is 23.2 Å². The first kappa shape index (κ1) is 19.5. The van der Waals surface area contributed by atoms with E-state index in [0.29, 0.717) is 0 Å². The van der Waals surface area contributed by atoms with Crippen LogP contribution in [-0.2, 0) is 19.1 Å². The molecule has 1 aliphatic rings. The minimum Gasteiger partial charge on any atom is -0.452 e. The molecule has 1 fully saturated rings. The topological polar surface area (TPSA) is 92.8 Å². The average Bonchev–Trinajstić information content (AvgIpc) is 3.00. The van der Waals surface area contributed by atoms with Gasteiger partial charge < -0.3 is 10.1 Å². The molecule has 28 heavy (non-hydrogen) atoms. The van der Waals surface area contributed by atoms with Crippen molar-refractivity contribution in [3.8, 4) is 0 Å². The first-order valence-corrected chi connectivity index (χ1v) is 8.61. The second kappa shape index (κ2) is 8.18. The van der Waals surface area contributed by atoms with Crippen molar-refractivity contribution in [3.63, 3.8) is 0 Å². The largest absolute Gasteiger partial charge is 0.452 e. The molecule has 1 aliphatic heterocycles. The SMILES string of the molecule is O=C(COC(=O)c1cccc(N2C(=O)CCC2=O)c1)Nc1ccc(Cl)cc1F. The molecular weight excluding hydrogens is 391 g/mol. The lowest BCUT2D eigenvalue weighted by atomic mass is 10.2. The van der Waals surface area contributed by atoms with Gasteiger partial charge in [0.2, 0.25) is 11.8 Å². The van der Waals surface area contributed by atoms with Crippen molar-refractivity contribution in [2.75, 3.05) is 16.8 Å². The maximum atomic E-state index is 13.7. The van der Waals surface area contributed by atoms with Crippen molar-refractivity contribution in [1.29, 1.82) is 0 Å². The summed E-state index contributed by atoms with van der Waals surface area (Å²) in [6.45, 7) is -0.646. The Morgan fingerprint density at radius 1 is 1.11 bits per heavy atom. The third-order valence-electron chi connectivity index (χ3n) is 3.93. The molecule has 3 rings (SSSR count). The monoisotopic (exact) mass is 404 g/mol. The number of halogens is 2. The first-order valence-electron chi connectivity index (χ1n) is 8.23. The van der Waals surface area contributed by atoms with E-state index in [1.54, 1.807) is 0 Å². The predicted octanol–water partition coefficient (Wildman–Crippen LogP) is 2.93. The van der Waals surface area contributed by atoms with E-state index in [4.69, 9.17) is 16.3 Å². The summed E-state index contributed by atoms with van der Waals surface area (Å²) in [5, 5.41) is 2.44. The van der Waals surface area contributed by atoms with Crippen LogP contribution in [0.25, 0.3) is 0 Å². The van der Waals surface area contributed by atoms with E-state index in [1.165, 1.54) is 36.4 Å². The highest BCUT2D eigenvalue weighted by Gasteiger charge is 2.30. The zero-order chi connectivity index (χ0) is 20.3. The second-order valence-electron chi connectivity index (χ2n) is 5.92. The molecule has 0 unspecified atom stereocenters. The van der Waals surface area contributed by atoms with Crippen LogP contribution in [0.3, 0.4) is 0 Å². The number of benzene rings is 2. The van der Waals surface area contributed by atoms with Crippen molar-refractivity contribution in [1.82, 2.24) is 0 Å². The molecule has 0 atom stereocenters. The maximum absolute atomic E-state index is 13.7. The lowest BCUT2D eigenvalue weighted by Gasteiger charge is -2.14. The Morgan fingerprint density at radius 2 is 1.82 bits per heavy atom. The Hall–Kier alpha value is -3.26. The van der Waals surface area contributed by atoms with Gasteiger partial charge in [0.05, 0.1) is 16.9 Å². The number of amides is 3. The van der Waals surface area contributed by atoms with Gasteiger partial charge in [0.1, 0.15) is 5.82 Å². The molecule has 1 saturated heterocycles. The van der Waals surface area contributed by atoms with Gasteiger partial charge in [-0.2, -0.15) is 0 Å². The number of hydrogen-bond donors (Lipinski definition) is 1. The summed E-state index contributed by atoms with van der Waals surface area (Å²) in [7, 11) is 0. The van der Waals surface area contributed by atoms with Gasteiger partial charge in [-0.05, 0) is 36.4 Å². The number of ether oxygens (including phenoxy) is 1. The zero-order valence-electron chi connectivity index (χ0n) is 14.4. The van der Waals surface area contributed by atoms with Crippen molar-refractivity contribution in [2.45, 2.75) is 12.8 Å². The van der Waals surface area contributed by atoms with Crippen LogP contribution >= 0.6 is 11.6 Å². The molecule has 0 aliphatic carbocycles. The highest BCUT2D eigenvalue weighted by atomic mass is 35.5. The Morgan fingerprint density at radius 3 is 2.50 bits per heavy atom. The predicted molar refractivity (Wildman–Crippen MR) is 98.5 cm³/mol. The quantitative estimate of drug-likeness (QED) is 0.611. The van der Waals surface area contributed by atoms with Crippen LogP contribution in [0.4, 0.5) is 15.8 Å². The normalized spacial score (nSPS) is 13.6. The zero-order valence-corrected chi connectivity index (χ0v) is 15.2. The summed E-state index contributed by atoms with van der Waals surface area (Å²) in [6, 6.07) is 9.50. The number of nitrogens with one attached hydrogen (secondary N) is 1. The maximum Gasteiger partial charge on any atom is 0.338 e. The summed E-state index contributed by atoms with van der Waals surface area (Å²) >= 11 is 5.63. The molecule has 0 saturated carbocycles. The number of carbonyl (C=O) groups excluding carboxylic acids is 4. The van der Waals surface area contributed by atoms with E-state index < -0.39 is 24.3 Å². The number of hydrogen-bond acceptors (Lipinski definition) is 5. The molecule has 144 valence electrons. The van der Waals surface area contributed by atoms with E-state index >= 15 is 0 Å². The van der Waals surface area contributed by atoms with Crippen LogP contribution in [0.5, 0.6) is 0 Å². The Bertz CT molecular complexity index is 963. The molecule has 1 N–H and O–H groups in total. The summed E-state index contributed by atoms with van der Waals surface area (Å²) in [6.07, 6.45) is 0.240. The summed E-state index contributed by atoms with van der Waals surface area (Å²) in [5.41, 5.74) is 0.226. The summed E-state index contributed by atoms with van der Waals surface area (Å²) < 4.78 is 18.6. The van der Waals surface area contributed by atoms with Crippen LogP contribution in [0.2, 0.25) is 5.02 Å². The summed E-state index contributed by atoms with van der Waals surface area (Å²) in [4.78, 5) is 48.6. The molecular formula is C19H14ClFN2O5. The first-order chi connectivity index (χ1) is 13.3. The molecule has 0 aromatic heterocycles. The molecule has 7 nitrogen and oxygen atoms in total. The number of rotatable bonds is 5. The van der Waals surface area contributed by atoms with E-state index in [2.05, 4.69) is 5.32 Å². The highest BCUT2D eigenvalue weighted by molar-refractivity contribution is 6.30. The minimum atomic E-state index is -0.826. The van der Waals surface area contributed by atoms with Gasteiger partial charge in [-0.1, -0.05) is 17.7 Å². The van der Waals surface area contributed by atoms with Crippen molar-refractivity contribution < 1.29 is 28.3 Å². The molecule has 3 amide bonds. The Labute approximate surface area is 164 Å². The fraction of sp³-hybridized carbons (Fsp3) is 0.158. The van der Waals surface area contributed by atoms with Crippen molar-refractivity contribution in [2.24, 2.45) is 0 Å². The molecule has 2 aromatic rings. The lowest BCUT2D eigenvalue weighted by Crippen LogP contribution is -2.28. The average molecular weight is 405 g/mol. The van der Waals surface area contributed by atoms with E-state index in [-0.39, 0.29) is 46.6 Å². The molecule has 9 heteroatoms. The van der Waals surface area contributed by atoms with Gasteiger partial charge in [-0.3, -0.25) is 19.3 Å². The Balaban J connectivity index is 1.62. The molecule has 1 heterocycles. The van der Waals surface area contributed by atoms with Gasteiger partial charge in [-0.25, -0.2) is 9.18 Å². The standard InChI is InChI=1S/C19H14ClFN2O5/c20-12-4-5-15(14(21)9-12)22-16(24)10-28-19(27)11-2-1-3-13(8-11)23-17(25)6-7-18(23)26/h1-5,8-9H,6-7,10H2,(H,22,24). The fourth-order valence-electron chi connectivity index (χ4n) is 2.63. The number of carbonyl (C=O) groups is 4. The number of imide groups is 1. The van der Waals surface area contributed by atoms with Gasteiger partial charge in [0, 0.05) is 17.9 Å². The molecule has 0 spiro atoms. The Kier molecular flexibility index (Phi) is 5.70. The smallest absolute Gasteiger partial charge is 0.338 e. The van der Waals surface area contributed by atoms with Crippen molar-refractivity contribution in [3.05, 3.63) is 58.9 Å². The minimum absolute atomic E-state index is 0.0653. The third-order valence-corrected chi connectivity index (χ3v) is 4.17. The van der Waals surface area contributed by atoms with E-state index in [9.17, 15) is 23.6 Å². The van der Waals surface area contributed by atoms with Gasteiger partial charge in [0.15, 0.2) is 6.61 Å². The van der Waals surface area contributed by atoms with Crippen LogP contribution in [-0.4, -0.2) is 30.3 Å². The number of nitrogens with zero attached hydrogens (tertiary/aromatic N) is 1. The van der Waals surface area contributed by atoms with Gasteiger partial charge in [0.25, 0.3) is 5.91 Å². The van der Waals surface area contributed by atoms with Crippen molar-refractivity contribution >= 4 is 46.7 Å².